The quantitative estimate of drug-likeness (QED) is 0.742. The molecule has 132 valence electrons. The highest BCUT2D eigenvalue weighted by Crippen LogP contribution is 2.25. The van der Waals surface area contributed by atoms with E-state index < -0.39 is 0 Å². The summed E-state index contributed by atoms with van der Waals surface area (Å²) in [5.41, 5.74) is 3.23. The van der Waals surface area contributed by atoms with Gasteiger partial charge in [-0.1, -0.05) is 17.7 Å². The number of benzene rings is 1. The van der Waals surface area contributed by atoms with Crippen molar-refractivity contribution < 1.29 is 5.11 Å². The molecule has 6 nitrogen and oxygen atoms in total. The molecule has 2 N–H and O–H groups in total. The van der Waals surface area contributed by atoms with Crippen LogP contribution >= 0.6 is 11.6 Å². The molecule has 0 radical (unpaired) electrons. The summed E-state index contributed by atoms with van der Waals surface area (Å²) in [6.07, 6.45) is 3.99. The van der Waals surface area contributed by atoms with E-state index in [0.717, 1.165) is 28.9 Å². The molecule has 0 saturated heterocycles. The Morgan fingerprint density at radius 2 is 2.04 bits per heavy atom. The summed E-state index contributed by atoms with van der Waals surface area (Å²) in [5, 5.41) is 10.0. The van der Waals surface area contributed by atoms with Gasteiger partial charge >= 0.3 is 0 Å². The number of phenolic OH excluding ortho intramolecular Hbond substituents is 1. The van der Waals surface area contributed by atoms with E-state index in [1.54, 1.807) is 24.5 Å². The molecular weight excluding hydrogens is 352 g/mol. The Morgan fingerprint density at radius 1 is 1.23 bits per heavy atom. The van der Waals surface area contributed by atoms with Crippen LogP contribution in [0.25, 0.3) is 11.4 Å². The number of aromatic amines is 1. The summed E-state index contributed by atoms with van der Waals surface area (Å²) in [7, 11) is 0. The Kier molecular flexibility index (Phi) is 4.44. The molecule has 1 aromatic carbocycles. The topological polar surface area (TPSA) is 82.1 Å². The Balaban J connectivity index is 1.61. The fourth-order valence-electron chi connectivity index (χ4n) is 3.18. The zero-order valence-electron chi connectivity index (χ0n) is 13.9. The summed E-state index contributed by atoms with van der Waals surface area (Å²) in [4.78, 5) is 26.2. The molecule has 0 aliphatic carbocycles. The lowest BCUT2D eigenvalue weighted by molar-refractivity contribution is 0.240. The van der Waals surface area contributed by atoms with E-state index in [4.69, 9.17) is 11.6 Å². The van der Waals surface area contributed by atoms with E-state index in [0.29, 0.717) is 30.4 Å². The van der Waals surface area contributed by atoms with Crippen molar-refractivity contribution in [2.45, 2.75) is 19.5 Å². The molecule has 7 heteroatoms. The standard InChI is InChI=1S/C19H17ClN4O2/c20-16-9-14(25)2-1-13(16)10-24-8-5-15-17(11-24)22-18(23-19(15)26)12-3-6-21-7-4-12/h1-4,6-7,9,25H,5,8,10-11H2,(H,22,23,26). The van der Waals surface area contributed by atoms with E-state index >= 15 is 0 Å². The molecule has 26 heavy (non-hydrogen) atoms. The Labute approximate surface area is 155 Å². The summed E-state index contributed by atoms with van der Waals surface area (Å²) >= 11 is 6.22. The maximum absolute atomic E-state index is 12.4. The molecule has 1 aliphatic heterocycles. The fourth-order valence-corrected chi connectivity index (χ4v) is 3.42. The van der Waals surface area contributed by atoms with E-state index in [9.17, 15) is 9.90 Å². The van der Waals surface area contributed by atoms with Crippen molar-refractivity contribution in [3.8, 4) is 17.1 Å². The number of hydrogen-bond donors (Lipinski definition) is 2. The van der Waals surface area contributed by atoms with Crippen LogP contribution in [-0.4, -0.2) is 31.5 Å². The molecule has 0 fully saturated rings. The molecule has 0 saturated carbocycles. The van der Waals surface area contributed by atoms with Crippen molar-refractivity contribution in [3.05, 3.63) is 74.9 Å². The fraction of sp³-hybridized carbons (Fsp3) is 0.211. The van der Waals surface area contributed by atoms with Gasteiger partial charge in [-0.2, -0.15) is 0 Å². The van der Waals surface area contributed by atoms with Crippen molar-refractivity contribution >= 4 is 11.6 Å². The van der Waals surface area contributed by atoms with E-state index in [1.165, 1.54) is 0 Å². The molecular formula is C19H17ClN4O2. The number of aromatic nitrogens is 3. The number of pyridine rings is 1. The highest BCUT2D eigenvalue weighted by Gasteiger charge is 2.22. The van der Waals surface area contributed by atoms with Gasteiger partial charge in [0.15, 0.2) is 0 Å². The first-order valence-electron chi connectivity index (χ1n) is 8.32. The second-order valence-corrected chi connectivity index (χ2v) is 6.72. The van der Waals surface area contributed by atoms with E-state index in [-0.39, 0.29) is 11.3 Å². The third-order valence-corrected chi connectivity index (χ3v) is 4.89. The maximum Gasteiger partial charge on any atom is 0.254 e. The average molecular weight is 369 g/mol. The van der Waals surface area contributed by atoms with Crippen LogP contribution in [0.2, 0.25) is 5.02 Å². The van der Waals surface area contributed by atoms with Crippen LogP contribution in [0, 0.1) is 0 Å². The van der Waals surface area contributed by atoms with Gasteiger partial charge in [-0.25, -0.2) is 4.98 Å². The lowest BCUT2D eigenvalue weighted by atomic mass is 10.0. The van der Waals surface area contributed by atoms with Crippen LogP contribution in [0.5, 0.6) is 5.75 Å². The normalized spacial score (nSPS) is 14.2. The van der Waals surface area contributed by atoms with Gasteiger partial charge in [-0.3, -0.25) is 14.7 Å². The number of fused-ring (bicyclic) bond motifs is 1. The van der Waals surface area contributed by atoms with Crippen LogP contribution in [0.1, 0.15) is 16.8 Å². The highest BCUT2D eigenvalue weighted by molar-refractivity contribution is 6.31. The maximum atomic E-state index is 12.4. The van der Waals surface area contributed by atoms with Crippen LogP contribution < -0.4 is 5.56 Å². The Morgan fingerprint density at radius 3 is 2.81 bits per heavy atom. The number of H-pyrrole nitrogens is 1. The summed E-state index contributed by atoms with van der Waals surface area (Å²) in [6.45, 7) is 1.97. The lowest BCUT2D eigenvalue weighted by Gasteiger charge is -2.28. The second-order valence-electron chi connectivity index (χ2n) is 6.31. The smallest absolute Gasteiger partial charge is 0.254 e. The molecule has 0 spiro atoms. The number of halogens is 1. The monoisotopic (exact) mass is 368 g/mol. The second kappa shape index (κ2) is 6.90. The minimum absolute atomic E-state index is 0.0795. The first kappa shape index (κ1) is 16.8. The molecule has 0 unspecified atom stereocenters. The van der Waals surface area contributed by atoms with Gasteiger partial charge < -0.3 is 10.1 Å². The number of hydrogen-bond acceptors (Lipinski definition) is 5. The van der Waals surface area contributed by atoms with Crippen molar-refractivity contribution in [2.24, 2.45) is 0 Å². The van der Waals surface area contributed by atoms with Crippen LogP contribution in [0.3, 0.4) is 0 Å². The minimum Gasteiger partial charge on any atom is -0.508 e. The number of nitrogens with one attached hydrogen (secondary N) is 1. The van der Waals surface area contributed by atoms with Gasteiger partial charge in [-0.05, 0) is 36.2 Å². The SMILES string of the molecule is O=c1[nH]c(-c2ccncc2)nc2c1CCN(Cc1ccc(O)cc1Cl)C2. The molecule has 0 bridgehead atoms. The summed E-state index contributed by atoms with van der Waals surface area (Å²) in [6, 6.07) is 8.63. The first-order valence-corrected chi connectivity index (χ1v) is 8.70. The van der Waals surface area contributed by atoms with Crippen molar-refractivity contribution in [1.29, 1.82) is 0 Å². The van der Waals surface area contributed by atoms with E-state index in [2.05, 4.69) is 19.9 Å². The van der Waals surface area contributed by atoms with Crippen LogP contribution in [-0.2, 0) is 19.5 Å². The predicted octanol–water partition coefficient (Wildman–Crippen LogP) is 2.75. The number of phenols is 1. The van der Waals surface area contributed by atoms with E-state index in [1.807, 2.05) is 18.2 Å². The van der Waals surface area contributed by atoms with Gasteiger partial charge in [0.1, 0.15) is 11.6 Å². The zero-order valence-corrected chi connectivity index (χ0v) is 14.7. The van der Waals surface area contributed by atoms with Gasteiger partial charge in [0.25, 0.3) is 5.56 Å². The molecule has 0 amide bonds. The lowest BCUT2D eigenvalue weighted by Crippen LogP contribution is -2.35. The number of nitrogens with zero attached hydrogens (tertiary/aromatic N) is 3. The molecule has 3 heterocycles. The molecule has 2 aromatic heterocycles. The van der Waals surface area contributed by atoms with Gasteiger partial charge in [0, 0.05) is 48.2 Å². The summed E-state index contributed by atoms with van der Waals surface area (Å²) < 4.78 is 0. The average Bonchev–Trinajstić information content (AvgIpc) is 2.64. The molecule has 3 aromatic rings. The molecule has 1 aliphatic rings. The minimum atomic E-state index is -0.0795. The Hall–Kier alpha value is -2.70. The third-order valence-electron chi connectivity index (χ3n) is 4.54. The van der Waals surface area contributed by atoms with Crippen molar-refractivity contribution in [3.63, 3.8) is 0 Å². The number of rotatable bonds is 3. The molecule has 4 rings (SSSR count). The number of aromatic hydroxyl groups is 1. The van der Waals surface area contributed by atoms with Crippen molar-refractivity contribution in [1.82, 2.24) is 19.9 Å². The third kappa shape index (κ3) is 3.34. The predicted molar refractivity (Wildman–Crippen MR) is 99.0 cm³/mol. The highest BCUT2D eigenvalue weighted by atomic mass is 35.5. The van der Waals surface area contributed by atoms with Crippen LogP contribution in [0.4, 0.5) is 0 Å². The van der Waals surface area contributed by atoms with Gasteiger partial charge in [-0.15, -0.1) is 0 Å². The zero-order chi connectivity index (χ0) is 18.1. The largest absolute Gasteiger partial charge is 0.508 e. The van der Waals surface area contributed by atoms with Crippen LogP contribution in [0.15, 0.2) is 47.5 Å². The van der Waals surface area contributed by atoms with Crippen molar-refractivity contribution in [2.75, 3.05) is 6.54 Å². The van der Waals surface area contributed by atoms with Gasteiger partial charge in [0.05, 0.1) is 5.69 Å². The summed E-state index contributed by atoms with van der Waals surface area (Å²) in [5.74, 6) is 0.707. The molecule has 0 atom stereocenters. The van der Waals surface area contributed by atoms with Gasteiger partial charge in [0.2, 0.25) is 0 Å². The first-order chi connectivity index (χ1) is 12.6. The Bertz CT molecular complexity index is 1000.